The van der Waals surface area contributed by atoms with Gasteiger partial charge in [0.1, 0.15) is 12.1 Å². The number of nitrogens with one attached hydrogen (secondary N) is 2. The highest BCUT2D eigenvalue weighted by molar-refractivity contribution is 5.91. The molecule has 0 bridgehead atoms. The Kier molecular flexibility index (Phi) is 4.92. The van der Waals surface area contributed by atoms with Crippen LogP contribution >= 0.6 is 0 Å². The first-order valence-corrected chi connectivity index (χ1v) is 11.1. The van der Waals surface area contributed by atoms with Gasteiger partial charge in [-0.3, -0.25) is 9.59 Å². The van der Waals surface area contributed by atoms with Crippen molar-refractivity contribution in [2.24, 2.45) is 5.41 Å². The summed E-state index contributed by atoms with van der Waals surface area (Å²) >= 11 is 0. The fourth-order valence-corrected chi connectivity index (χ4v) is 4.80. The number of rotatable bonds is 7. The predicted molar refractivity (Wildman–Crippen MR) is 117 cm³/mol. The number of amides is 2. The average molecular weight is 434 g/mol. The maximum absolute atomic E-state index is 12.8. The maximum Gasteiger partial charge on any atom is 0.408 e. The topological polar surface area (TPSA) is 105 Å². The second-order valence-electron chi connectivity index (χ2n) is 9.15. The lowest BCUT2D eigenvalue weighted by atomic mass is 9.76. The molecule has 2 amide bonds. The molecule has 32 heavy (non-hydrogen) atoms. The van der Waals surface area contributed by atoms with Gasteiger partial charge in [-0.1, -0.05) is 48.5 Å². The van der Waals surface area contributed by atoms with Crippen LogP contribution in [0.15, 0.2) is 48.5 Å². The fraction of sp³-hybridized carbons (Fsp3) is 0.400. The van der Waals surface area contributed by atoms with Crippen LogP contribution in [-0.2, 0) is 14.3 Å². The summed E-state index contributed by atoms with van der Waals surface area (Å²) in [4.78, 5) is 36.8. The van der Waals surface area contributed by atoms with E-state index in [4.69, 9.17) is 4.74 Å². The number of hydrogen-bond acceptors (Lipinski definition) is 4. The summed E-state index contributed by atoms with van der Waals surface area (Å²) in [5.74, 6) is -1.26. The molecule has 0 saturated heterocycles. The third-order valence-electron chi connectivity index (χ3n) is 7.22. The Labute approximate surface area is 186 Å². The van der Waals surface area contributed by atoms with Crippen LogP contribution in [0.5, 0.6) is 0 Å². The van der Waals surface area contributed by atoms with Gasteiger partial charge in [0.05, 0.1) is 5.41 Å². The van der Waals surface area contributed by atoms with E-state index in [9.17, 15) is 19.5 Å². The fourth-order valence-electron chi connectivity index (χ4n) is 4.80. The summed E-state index contributed by atoms with van der Waals surface area (Å²) < 4.78 is 5.59. The number of fused-ring (bicyclic) bond motifs is 3. The van der Waals surface area contributed by atoms with Crippen LogP contribution in [0.2, 0.25) is 0 Å². The predicted octanol–water partition coefficient (Wildman–Crippen LogP) is 3.43. The van der Waals surface area contributed by atoms with Crippen molar-refractivity contribution in [3.8, 4) is 11.1 Å². The van der Waals surface area contributed by atoms with Crippen molar-refractivity contribution >= 4 is 18.0 Å². The summed E-state index contributed by atoms with van der Waals surface area (Å²) in [6, 6.07) is 16.2. The van der Waals surface area contributed by atoms with Gasteiger partial charge >= 0.3 is 12.1 Å². The van der Waals surface area contributed by atoms with E-state index in [-0.39, 0.29) is 25.0 Å². The van der Waals surface area contributed by atoms with Crippen LogP contribution in [0.25, 0.3) is 11.1 Å². The Hall–Kier alpha value is -3.35. The molecule has 2 aromatic rings. The number of carboxylic acid groups (broad SMARTS) is 1. The summed E-state index contributed by atoms with van der Waals surface area (Å²) in [6.07, 6.45) is 2.36. The van der Waals surface area contributed by atoms with Crippen LogP contribution in [0.1, 0.15) is 49.1 Å². The number of benzene rings is 2. The lowest BCUT2D eigenvalue weighted by molar-refractivity contribution is -0.143. The van der Waals surface area contributed by atoms with Gasteiger partial charge in [-0.05, 0) is 54.4 Å². The molecule has 0 aliphatic heterocycles. The summed E-state index contributed by atoms with van der Waals surface area (Å²) in [5, 5.41) is 14.8. The van der Waals surface area contributed by atoms with E-state index in [2.05, 4.69) is 34.9 Å². The van der Waals surface area contributed by atoms with Gasteiger partial charge in [-0.25, -0.2) is 4.79 Å². The van der Waals surface area contributed by atoms with E-state index in [1.54, 1.807) is 0 Å². The van der Waals surface area contributed by atoms with Crippen molar-refractivity contribution in [1.82, 2.24) is 10.6 Å². The van der Waals surface area contributed by atoms with Crippen LogP contribution in [0.3, 0.4) is 0 Å². The normalized spacial score (nSPS) is 19.1. The highest BCUT2D eigenvalue weighted by Gasteiger charge is 2.52. The zero-order chi connectivity index (χ0) is 22.3. The molecule has 0 heterocycles. The monoisotopic (exact) mass is 434 g/mol. The molecule has 0 unspecified atom stereocenters. The number of aliphatic carboxylic acids is 1. The first-order valence-electron chi connectivity index (χ1n) is 11.1. The van der Waals surface area contributed by atoms with Crippen LogP contribution < -0.4 is 10.6 Å². The molecular formula is C25H26N2O5. The van der Waals surface area contributed by atoms with E-state index in [1.807, 2.05) is 24.3 Å². The second kappa shape index (κ2) is 7.65. The van der Waals surface area contributed by atoms with Gasteiger partial charge < -0.3 is 20.5 Å². The van der Waals surface area contributed by atoms with E-state index >= 15 is 0 Å². The summed E-state index contributed by atoms with van der Waals surface area (Å²) in [6.45, 7) is 0.273. The molecule has 3 aliphatic rings. The molecule has 3 N–H and O–H groups in total. The van der Waals surface area contributed by atoms with E-state index < -0.39 is 23.0 Å². The Morgan fingerprint density at radius 1 is 0.938 bits per heavy atom. The number of hydrogen-bond donors (Lipinski definition) is 3. The van der Waals surface area contributed by atoms with Crippen molar-refractivity contribution in [2.75, 3.05) is 13.2 Å². The largest absolute Gasteiger partial charge is 0.481 e. The molecule has 2 saturated carbocycles. The molecular weight excluding hydrogens is 408 g/mol. The first-order chi connectivity index (χ1) is 15.4. The molecule has 0 spiro atoms. The number of carbonyl (C=O) groups is 3. The third kappa shape index (κ3) is 3.42. The molecule has 3 aliphatic carbocycles. The maximum atomic E-state index is 12.8. The van der Waals surface area contributed by atoms with Crippen molar-refractivity contribution in [3.05, 3.63) is 59.7 Å². The smallest absolute Gasteiger partial charge is 0.408 e. The molecule has 7 heteroatoms. The Morgan fingerprint density at radius 2 is 1.53 bits per heavy atom. The molecule has 0 aromatic heterocycles. The average Bonchev–Trinajstić information content (AvgIpc) is 3.50. The molecule has 0 atom stereocenters. The zero-order valence-corrected chi connectivity index (χ0v) is 17.7. The second-order valence-corrected chi connectivity index (χ2v) is 9.15. The van der Waals surface area contributed by atoms with E-state index in [0.717, 1.165) is 28.7 Å². The Balaban J connectivity index is 1.22. The van der Waals surface area contributed by atoms with Gasteiger partial charge in [0, 0.05) is 12.5 Å². The van der Waals surface area contributed by atoms with Crippen molar-refractivity contribution in [3.63, 3.8) is 0 Å². The number of carbonyl (C=O) groups excluding carboxylic acids is 2. The quantitative estimate of drug-likeness (QED) is 0.619. The van der Waals surface area contributed by atoms with Gasteiger partial charge in [0.2, 0.25) is 5.91 Å². The lowest BCUT2D eigenvalue weighted by Gasteiger charge is -2.40. The van der Waals surface area contributed by atoms with Gasteiger partial charge in [0.15, 0.2) is 0 Å². The van der Waals surface area contributed by atoms with Gasteiger partial charge in [-0.15, -0.1) is 0 Å². The highest BCUT2D eigenvalue weighted by Crippen LogP contribution is 2.46. The van der Waals surface area contributed by atoms with Gasteiger partial charge in [0.25, 0.3) is 0 Å². The SMILES string of the molecule is O=C(NC1(C(=O)NCC2(C(=O)O)CC2)CCC1)OCC1c2ccccc2-c2ccccc21. The van der Waals surface area contributed by atoms with Crippen molar-refractivity contribution < 1.29 is 24.2 Å². The Morgan fingerprint density at radius 3 is 2.03 bits per heavy atom. The molecule has 2 aromatic carbocycles. The number of carboxylic acids is 1. The minimum absolute atomic E-state index is 0.0513. The number of ether oxygens (including phenoxy) is 1. The molecule has 2 fully saturated rings. The molecule has 0 radical (unpaired) electrons. The zero-order valence-electron chi connectivity index (χ0n) is 17.7. The third-order valence-corrected chi connectivity index (χ3v) is 7.22. The van der Waals surface area contributed by atoms with Crippen molar-refractivity contribution in [2.45, 2.75) is 43.6 Å². The Bertz CT molecular complexity index is 1040. The summed E-state index contributed by atoms with van der Waals surface area (Å²) in [5.41, 5.74) is 2.70. The minimum atomic E-state index is -1.02. The van der Waals surface area contributed by atoms with E-state index in [0.29, 0.717) is 25.7 Å². The standard InChI is InChI=1S/C25H26N2O5/c28-21(26-15-24(12-13-24)22(29)30)25(10-5-11-25)27-23(31)32-14-20-18-8-3-1-6-16(18)17-7-2-4-9-19(17)20/h1-4,6-9,20H,5,10-15H2,(H,26,28)(H,27,31)(H,29,30). The number of alkyl carbamates (subject to hydrolysis) is 1. The van der Waals surface area contributed by atoms with Crippen molar-refractivity contribution in [1.29, 1.82) is 0 Å². The summed E-state index contributed by atoms with van der Waals surface area (Å²) in [7, 11) is 0. The molecule has 5 rings (SSSR count). The lowest BCUT2D eigenvalue weighted by Crippen LogP contribution is -2.63. The molecule has 166 valence electrons. The van der Waals surface area contributed by atoms with E-state index in [1.165, 1.54) is 0 Å². The van der Waals surface area contributed by atoms with Gasteiger partial charge in [-0.2, -0.15) is 0 Å². The van der Waals surface area contributed by atoms with Crippen LogP contribution in [0, 0.1) is 5.41 Å². The van der Waals surface area contributed by atoms with Crippen LogP contribution in [0.4, 0.5) is 4.79 Å². The highest BCUT2D eigenvalue weighted by atomic mass is 16.5. The van der Waals surface area contributed by atoms with Crippen LogP contribution in [-0.4, -0.2) is 41.8 Å². The molecule has 7 nitrogen and oxygen atoms in total. The minimum Gasteiger partial charge on any atom is -0.481 e. The first kappa shape index (κ1) is 20.5.